The molecular weight excluding hydrogens is 280 g/mol. The zero-order chi connectivity index (χ0) is 14.7. The average molecular weight is 300 g/mol. The largest absolute Gasteiger partial charge is 0.329 e. The molecule has 4 nitrogen and oxygen atoms in total. The van der Waals surface area contributed by atoms with E-state index in [-0.39, 0.29) is 6.04 Å². The molecule has 3 rings (SSSR count). The van der Waals surface area contributed by atoms with Crippen LogP contribution in [0, 0.1) is 0 Å². The lowest BCUT2D eigenvalue weighted by Gasteiger charge is -2.16. The number of nitrogens with zero attached hydrogens (tertiary/aromatic N) is 2. The number of hydrogen-bond donors (Lipinski definition) is 2. The molecule has 0 aliphatic carbocycles. The highest BCUT2D eigenvalue weighted by atomic mass is 32.1. The molecule has 21 heavy (non-hydrogen) atoms. The van der Waals surface area contributed by atoms with Crippen molar-refractivity contribution in [3.8, 4) is 0 Å². The quantitative estimate of drug-likeness (QED) is 0.543. The molecule has 110 valence electrons. The maximum absolute atomic E-state index is 5.74. The first kappa shape index (κ1) is 14.3. The lowest BCUT2D eigenvalue weighted by atomic mass is 10.2. The van der Waals surface area contributed by atoms with Crippen LogP contribution in [-0.4, -0.2) is 15.6 Å². The topological polar surface area (TPSA) is 55.9 Å². The number of para-hydroxylation sites is 2. The summed E-state index contributed by atoms with van der Waals surface area (Å²) in [4.78, 5) is 7.23. The van der Waals surface area contributed by atoms with E-state index < -0.39 is 0 Å². The summed E-state index contributed by atoms with van der Waals surface area (Å²) in [5, 5.41) is 0. The van der Waals surface area contributed by atoms with Crippen molar-refractivity contribution in [2.75, 3.05) is 0 Å². The monoisotopic (exact) mass is 300 g/mol. The van der Waals surface area contributed by atoms with E-state index in [4.69, 9.17) is 5.84 Å². The summed E-state index contributed by atoms with van der Waals surface area (Å²) >= 11 is 1.87. The Morgan fingerprint density at radius 1 is 1.24 bits per heavy atom. The molecule has 1 atom stereocenters. The van der Waals surface area contributed by atoms with Gasteiger partial charge in [-0.2, -0.15) is 0 Å². The second-order valence-corrected chi connectivity index (χ2v) is 6.43. The number of nitrogens with one attached hydrogen (secondary N) is 1. The van der Waals surface area contributed by atoms with E-state index in [1.165, 1.54) is 9.75 Å². The van der Waals surface area contributed by atoms with Crippen molar-refractivity contribution in [1.29, 1.82) is 0 Å². The minimum Gasteiger partial charge on any atom is -0.329 e. The predicted molar refractivity (Wildman–Crippen MR) is 88.2 cm³/mol. The van der Waals surface area contributed by atoms with Crippen molar-refractivity contribution in [2.24, 2.45) is 5.84 Å². The number of hydrazine groups is 1. The molecule has 1 aromatic carbocycles. The average Bonchev–Trinajstić information content (AvgIpc) is 3.14. The maximum Gasteiger partial charge on any atom is 0.0958 e. The summed E-state index contributed by atoms with van der Waals surface area (Å²) in [7, 11) is 0. The number of aryl methyl sites for hydroxylation is 1. The van der Waals surface area contributed by atoms with Crippen molar-refractivity contribution in [2.45, 2.75) is 32.4 Å². The maximum atomic E-state index is 5.74. The van der Waals surface area contributed by atoms with Crippen molar-refractivity contribution in [3.05, 3.63) is 52.5 Å². The number of thiophene rings is 1. The smallest absolute Gasteiger partial charge is 0.0958 e. The summed E-state index contributed by atoms with van der Waals surface area (Å²) in [5.74, 6) is 5.74. The Morgan fingerprint density at radius 3 is 2.81 bits per heavy atom. The Bertz CT molecular complexity index is 716. The molecule has 2 aromatic heterocycles. The number of fused-ring (bicyclic) bond motifs is 1. The van der Waals surface area contributed by atoms with Gasteiger partial charge in [0.1, 0.15) is 0 Å². The van der Waals surface area contributed by atoms with Gasteiger partial charge in [0.05, 0.1) is 17.4 Å². The fraction of sp³-hybridized carbons (Fsp3) is 0.312. The second-order valence-electron chi connectivity index (χ2n) is 5.17. The van der Waals surface area contributed by atoms with Gasteiger partial charge in [-0.15, -0.1) is 11.3 Å². The van der Waals surface area contributed by atoms with Crippen LogP contribution in [0.3, 0.4) is 0 Å². The van der Waals surface area contributed by atoms with Crippen LogP contribution in [0.4, 0.5) is 0 Å². The van der Waals surface area contributed by atoms with Gasteiger partial charge in [-0.3, -0.25) is 11.3 Å². The van der Waals surface area contributed by atoms with Crippen LogP contribution in [0.5, 0.6) is 0 Å². The van der Waals surface area contributed by atoms with E-state index in [0.717, 1.165) is 30.4 Å². The van der Waals surface area contributed by atoms with Gasteiger partial charge in [-0.1, -0.05) is 19.1 Å². The van der Waals surface area contributed by atoms with Crippen LogP contribution in [0.15, 0.2) is 42.7 Å². The molecule has 0 fully saturated rings. The molecule has 1 unspecified atom stereocenters. The molecular formula is C16H20N4S. The highest BCUT2D eigenvalue weighted by Gasteiger charge is 2.12. The third-order valence-electron chi connectivity index (χ3n) is 3.69. The lowest BCUT2D eigenvalue weighted by molar-refractivity contribution is 0.463. The van der Waals surface area contributed by atoms with Gasteiger partial charge < -0.3 is 4.57 Å². The number of aromatic nitrogens is 2. The molecule has 0 aliphatic rings. The van der Waals surface area contributed by atoms with Gasteiger partial charge in [-0.05, 0) is 30.7 Å². The van der Waals surface area contributed by atoms with Crippen LogP contribution >= 0.6 is 11.3 Å². The number of benzene rings is 1. The lowest BCUT2D eigenvalue weighted by Crippen LogP contribution is -2.39. The van der Waals surface area contributed by atoms with Crippen molar-refractivity contribution >= 4 is 22.4 Å². The Hall–Kier alpha value is -1.69. The fourth-order valence-corrected chi connectivity index (χ4v) is 3.57. The van der Waals surface area contributed by atoms with E-state index in [1.807, 2.05) is 35.9 Å². The number of hydrogen-bond acceptors (Lipinski definition) is 4. The van der Waals surface area contributed by atoms with Gasteiger partial charge in [-0.25, -0.2) is 4.98 Å². The Labute approximate surface area is 128 Å². The molecule has 0 saturated carbocycles. The summed E-state index contributed by atoms with van der Waals surface area (Å²) < 4.78 is 2.16. The van der Waals surface area contributed by atoms with Gasteiger partial charge in [0.2, 0.25) is 0 Å². The molecule has 0 saturated heterocycles. The van der Waals surface area contributed by atoms with Crippen LogP contribution < -0.4 is 11.3 Å². The first-order valence-corrected chi connectivity index (χ1v) is 8.05. The summed E-state index contributed by atoms with van der Waals surface area (Å²) in [6.45, 7) is 3.00. The van der Waals surface area contributed by atoms with E-state index >= 15 is 0 Å². The number of rotatable bonds is 6. The molecule has 5 heteroatoms. The molecule has 0 aliphatic heterocycles. The first-order chi connectivity index (χ1) is 10.3. The standard InChI is InChI=1S/C16H20N4S/c1-2-13-7-8-14(21-13)9-12(19-17)10-20-11-18-15-5-3-4-6-16(15)20/h3-8,11-12,19H,2,9-10,17H2,1H3. The Morgan fingerprint density at radius 2 is 2.05 bits per heavy atom. The van der Waals surface area contributed by atoms with E-state index in [1.54, 1.807) is 0 Å². The minimum absolute atomic E-state index is 0.200. The normalized spacial score (nSPS) is 12.9. The Balaban J connectivity index is 1.74. The second kappa shape index (κ2) is 6.39. The number of imidazole rings is 1. The molecule has 3 aromatic rings. The van der Waals surface area contributed by atoms with Crippen molar-refractivity contribution < 1.29 is 0 Å². The van der Waals surface area contributed by atoms with Crippen molar-refractivity contribution in [1.82, 2.24) is 15.0 Å². The van der Waals surface area contributed by atoms with Crippen LogP contribution in [0.1, 0.15) is 16.7 Å². The highest BCUT2D eigenvalue weighted by Crippen LogP contribution is 2.19. The minimum atomic E-state index is 0.200. The van der Waals surface area contributed by atoms with Crippen LogP contribution in [0.2, 0.25) is 0 Å². The van der Waals surface area contributed by atoms with Crippen LogP contribution in [0.25, 0.3) is 11.0 Å². The first-order valence-electron chi connectivity index (χ1n) is 7.23. The number of nitrogens with two attached hydrogens (primary N) is 1. The van der Waals surface area contributed by atoms with Gasteiger partial charge in [0, 0.05) is 28.8 Å². The zero-order valence-corrected chi connectivity index (χ0v) is 12.9. The highest BCUT2D eigenvalue weighted by molar-refractivity contribution is 7.11. The Kier molecular flexibility index (Phi) is 4.34. The van der Waals surface area contributed by atoms with E-state index in [0.29, 0.717) is 0 Å². The van der Waals surface area contributed by atoms with Crippen molar-refractivity contribution in [3.63, 3.8) is 0 Å². The zero-order valence-electron chi connectivity index (χ0n) is 12.1. The molecule has 0 spiro atoms. The van der Waals surface area contributed by atoms with Gasteiger partial charge in [0.25, 0.3) is 0 Å². The molecule has 3 N–H and O–H groups in total. The summed E-state index contributed by atoms with van der Waals surface area (Å²) in [5.41, 5.74) is 5.12. The SMILES string of the molecule is CCc1ccc(CC(Cn2cnc3ccccc32)NN)s1. The molecule has 0 bridgehead atoms. The predicted octanol–water partition coefficient (Wildman–Crippen LogP) is 2.73. The summed E-state index contributed by atoms with van der Waals surface area (Å²) in [6, 6.07) is 12.8. The van der Waals surface area contributed by atoms with Gasteiger partial charge in [0.15, 0.2) is 0 Å². The third-order valence-corrected chi connectivity index (χ3v) is 4.95. The van der Waals surface area contributed by atoms with Gasteiger partial charge >= 0.3 is 0 Å². The van der Waals surface area contributed by atoms with Crippen LogP contribution in [-0.2, 0) is 19.4 Å². The fourth-order valence-electron chi connectivity index (χ4n) is 2.53. The van der Waals surface area contributed by atoms with E-state index in [2.05, 4.69) is 40.1 Å². The molecule has 0 amide bonds. The third kappa shape index (κ3) is 3.15. The van der Waals surface area contributed by atoms with E-state index in [9.17, 15) is 0 Å². The summed E-state index contributed by atoms with van der Waals surface area (Å²) in [6.07, 6.45) is 3.92. The molecule has 2 heterocycles. The molecule has 0 radical (unpaired) electrons.